The fourth-order valence-electron chi connectivity index (χ4n) is 3.77. The third kappa shape index (κ3) is 3.98. The topological polar surface area (TPSA) is 49.4 Å². The molecular weight excluding hydrogens is 264 g/mol. The smallest absolute Gasteiger partial charge is 0.245 e. The molecule has 4 atom stereocenters. The molecule has 2 aliphatic rings. The minimum atomic E-state index is -0.324. The molecule has 2 amide bonds. The van der Waals surface area contributed by atoms with Crippen molar-refractivity contribution in [3.8, 4) is 0 Å². The molecule has 21 heavy (non-hydrogen) atoms. The zero-order valence-corrected chi connectivity index (χ0v) is 13.9. The summed E-state index contributed by atoms with van der Waals surface area (Å²) in [5.74, 6) is 1.84. The van der Waals surface area contributed by atoms with Crippen molar-refractivity contribution < 1.29 is 9.59 Å². The lowest BCUT2D eigenvalue weighted by molar-refractivity contribution is -0.150. The van der Waals surface area contributed by atoms with Gasteiger partial charge in [0.2, 0.25) is 11.8 Å². The van der Waals surface area contributed by atoms with Crippen LogP contribution in [0.2, 0.25) is 0 Å². The van der Waals surface area contributed by atoms with Crippen LogP contribution >= 0.6 is 0 Å². The molecule has 1 saturated carbocycles. The van der Waals surface area contributed by atoms with Gasteiger partial charge in [0, 0.05) is 6.54 Å². The molecule has 0 aromatic carbocycles. The second-order valence-corrected chi connectivity index (χ2v) is 7.50. The van der Waals surface area contributed by atoms with Crippen molar-refractivity contribution >= 4 is 11.8 Å². The van der Waals surface area contributed by atoms with E-state index >= 15 is 0 Å². The first kappa shape index (κ1) is 16.3. The van der Waals surface area contributed by atoms with E-state index in [-0.39, 0.29) is 23.9 Å². The number of piperazine rings is 1. The number of nitrogens with one attached hydrogen (secondary N) is 1. The van der Waals surface area contributed by atoms with E-state index in [1.54, 1.807) is 0 Å². The summed E-state index contributed by atoms with van der Waals surface area (Å²) in [6.07, 6.45) is 5.67. The lowest BCUT2D eigenvalue weighted by atomic mass is 9.82. The minimum absolute atomic E-state index is 0.00380. The van der Waals surface area contributed by atoms with Gasteiger partial charge in [-0.25, -0.2) is 0 Å². The third-order valence-corrected chi connectivity index (χ3v) is 4.95. The van der Waals surface area contributed by atoms with E-state index < -0.39 is 0 Å². The monoisotopic (exact) mass is 294 g/mol. The maximum absolute atomic E-state index is 12.7. The van der Waals surface area contributed by atoms with E-state index in [0.29, 0.717) is 11.8 Å². The summed E-state index contributed by atoms with van der Waals surface area (Å²) >= 11 is 0. The molecule has 4 unspecified atom stereocenters. The Morgan fingerprint density at radius 2 is 1.95 bits per heavy atom. The molecule has 4 nitrogen and oxygen atoms in total. The summed E-state index contributed by atoms with van der Waals surface area (Å²) in [5, 5.41) is 2.89. The maximum Gasteiger partial charge on any atom is 0.245 e. The summed E-state index contributed by atoms with van der Waals surface area (Å²) < 4.78 is 0. The quantitative estimate of drug-likeness (QED) is 0.866. The van der Waals surface area contributed by atoms with Gasteiger partial charge < -0.3 is 10.2 Å². The Balaban J connectivity index is 2.04. The average molecular weight is 294 g/mol. The number of rotatable bonds is 4. The first-order chi connectivity index (χ1) is 9.88. The van der Waals surface area contributed by atoms with Gasteiger partial charge in [0.15, 0.2) is 0 Å². The Labute approximate surface area is 128 Å². The summed E-state index contributed by atoms with van der Waals surface area (Å²) in [6, 6.07) is -0.646. The second kappa shape index (κ2) is 6.80. The highest BCUT2D eigenvalue weighted by molar-refractivity contribution is 5.96. The molecule has 1 saturated heterocycles. The van der Waals surface area contributed by atoms with Gasteiger partial charge in [0.05, 0.1) is 0 Å². The van der Waals surface area contributed by atoms with Crippen molar-refractivity contribution in [1.82, 2.24) is 10.2 Å². The normalized spacial score (nSPS) is 34.2. The Kier molecular flexibility index (Phi) is 5.28. The van der Waals surface area contributed by atoms with Crippen LogP contribution in [-0.4, -0.2) is 35.3 Å². The molecule has 4 heteroatoms. The molecule has 2 rings (SSSR count). The predicted octanol–water partition coefficient (Wildman–Crippen LogP) is 2.57. The average Bonchev–Trinajstić information content (AvgIpc) is 2.40. The van der Waals surface area contributed by atoms with Crippen LogP contribution in [0.4, 0.5) is 0 Å². The number of hydrogen-bond acceptors (Lipinski definition) is 2. The highest BCUT2D eigenvalue weighted by Gasteiger charge is 2.39. The van der Waals surface area contributed by atoms with E-state index in [4.69, 9.17) is 0 Å². The fraction of sp³-hybridized carbons (Fsp3) is 0.882. The summed E-state index contributed by atoms with van der Waals surface area (Å²) in [4.78, 5) is 26.7. The lowest BCUT2D eigenvalue weighted by Gasteiger charge is -2.41. The Bertz CT molecular complexity index is 394. The molecule has 2 fully saturated rings. The molecule has 0 aromatic heterocycles. The van der Waals surface area contributed by atoms with Gasteiger partial charge in [-0.2, -0.15) is 0 Å². The molecule has 1 N–H and O–H groups in total. The van der Waals surface area contributed by atoms with Crippen molar-refractivity contribution in [2.45, 2.75) is 71.9 Å². The molecule has 0 radical (unpaired) electrons. The molecule has 0 bridgehead atoms. The van der Waals surface area contributed by atoms with Crippen LogP contribution in [0.3, 0.4) is 0 Å². The van der Waals surface area contributed by atoms with E-state index in [2.05, 4.69) is 26.1 Å². The van der Waals surface area contributed by atoms with E-state index in [1.807, 2.05) is 11.8 Å². The van der Waals surface area contributed by atoms with Crippen molar-refractivity contribution in [2.24, 2.45) is 17.8 Å². The van der Waals surface area contributed by atoms with Crippen LogP contribution in [0, 0.1) is 17.8 Å². The van der Waals surface area contributed by atoms with Crippen LogP contribution < -0.4 is 5.32 Å². The maximum atomic E-state index is 12.7. The third-order valence-electron chi connectivity index (χ3n) is 4.95. The molecule has 120 valence electrons. The largest absolute Gasteiger partial charge is 0.343 e. The number of hydrogen-bond donors (Lipinski definition) is 1. The number of carbonyl (C=O) groups is 2. The Morgan fingerprint density at radius 3 is 2.57 bits per heavy atom. The van der Waals surface area contributed by atoms with Crippen LogP contribution in [0.1, 0.15) is 59.8 Å². The minimum Gasteiger partial charge on any atom is -0.343 e. The summed E-state index contributed by atoms with van der Waals surface area (Å²) in [6.45, 7) is 9.08. The number of amides is 2. The molecule has 1 aliphatic carbocycles. The van der Waals surface area contributed by atoms with Crippen LogP contribution in [-0.2, 0) is 9.59 Å². The molecular formula is C17H30N2O2. The second-order valence-electron chi connectivity index (χ2n) is 7.50. The first-order valence-electron chi connectivity index (χ1n) is 8.49. The van der Waals surface area contributed by atoms with E-state index in [0.717, 1.165) is 18.9 Å². The van der Waals surface area contributed by atoms with Crippen molar-refractivity contribution in [3.63, 3.8) is 0 Å². The number of nitrogens with zero attached hydrogens (tertiary/aromatic N) is 1. The standard InChI is InChI=1S/C17H30N2O2/c1-11(2)8-15-17(21)19(13(4)16(20)18-15)10-14-7-5-6-12(3)9-14/h11-15H,5-10H2,1-4H3,(H,18,20). The fourth-order valence-corrected chi connectivity index (χ4v) is 3.77. The molecule has 1 heterocycles. The van der Waals surface area contributed by atoms with E-state index in [1.165, 1.54) is 25.7 Å². The van der Waals surface area contributed by atoms with Crippen LogP contribution in [0.25, 0.3) is 0 Å². The molecule has 1 aliphatic heterocycles. The van der Waals surface area contributed by atoms with Crippen molar-refractivity contribution in [2.75, 3.05) is 6.54 Å². The van der Waals surface area contributed by atoms with Crippen LogP contribution in [0.15, 0.2) is 0 Å². The van der Waals surface area contributed by atoms with Gasteiger partial charge in [-0.15, -0.1) is 0 Å². The molecule has 0 aromatic rings. The van der Waals surface area contributed by atoms with Gasteiger partial charge in [-0.1, -0.05) is 33.6 Å². The van der Waals surface area contributed by atoms with Gasteiger partial charge in [0.25, 0.3) is 0 Å². The first-order valence-corrected chi connectivity index (χ1v) is 8.49. The molecule has 0 spiro atoms. The lowest BCUT2D eigenvalue weighted by Crippen LogP contribution is -2.63. The van der Waals surface area contributed by atoms with Gasteiger partial charge in [-0.05, 0) is 43.9 Å². The zero-order valence-electron chi connectivity index (χ0n) is 13.9. The van der Waals surface area contributed by atoms with Crippen molar-refractivity contribution in [1.29, 1.82) is 0 Å². The summed E-state index contributed by atoms with van der Waals surface area (Å²) in [5.41, 5.74) is 0. The highest BCUT2D eigenvalue weighted by Crippen LogP contribution is 2.30. The predicted molar refractivity (Wildman–Crippen MR) is 83.7 cm³/mol. The summed E-state index contributed by atoms with van der Waals surface area (Å²) in [7, 11) is 0. The van der Waals surface area contributed by atoms with Crippen LogP contribution in [0.5, 0.6) is 0 Å². The van der Waals surface area contributed by atoms with Gasteiger partial charge >= 0.3 is 0 Å². The Hall–Kier alpha value is -1.06. The SMILES string of the molecule is CC(C)CC1NC(=O)C(C)N(CC2CCCC(C)C2)C1=O. The van der Waals surface area contributed by atoms with Crippen molar-refractivity contribution in [3.05, 3.63) is 0 Å². The van der Waals surface area contributed by atoms with Gasteiger partial charge in [0.1, 0.15) is 12.1 Å². The van der Waals surface area contributed by atoms with Gasteiger partial charge in [-0.3, -0.25) is 9.59 Å². The highest BCUT2D eigenvalue weighted by atomic mass is 16.2. The Morgan fingerprint density at radius 1 is 1.24 bits per heavy atom. The van der Waals surface area contributed by atoms with E-state index in [9.17, 15) is 9.59 Å². The number of carbonyl (C=O) groups excluding carboxylic acids is 2. The zero-order chi connectivity index (χ0) is 15.6.